The second-order valence-electron chi connectivity index (χ2n) is 4.60. The lowest BCUT2D eigenvalue weighted by Crippen LogP contribution is -2.33. The number of ether oxygens (including phenoxy) is 1. The maximum Gasteiger partial charge on any atom is 0.265 e. The normalized spacial score (nSPS) is 20.6. The molecule has 104 valence electrons. The number of aromatic nitrogens is 1. The Hall–Kier alpha value is -2.54. The van der Waals surface area contributed by atoms with Gasteiger partial charge in [0.2, 0.25) is 0 Å². The number of amides is 1. The lowest BCUT2D eigenvalue weighted by atomic mass is 10.2. The molecule has 0 saturated carbocycles. The van der Waals surface area contributed by atoms with Crippen LogP contribution in [0.25, 0.3) is 0 Å². The second-order valence-corrected chi connectivity index (χ2v) is 4.60. The van der Waals surface area contributed by atoms with E-state index in [1.165, 1.54) is 12.1 Å². The molecule has 0 radical (unpaired) electrons. The highest BCUT2D eigenvalue weighted by atomic mass is 16.5. The summed E-state index contributed by atoms with van der Waals surface area (Å²) >= 11 is 0. The molecule has 1 amide bonds. The van der Waals surface area contributed by atoms with Crippen LogP contribution in [0.5, 0.6) is 5.75 Å². The van der Waals surface area contributed by atoms with Gasteiger partial charge in [0.1, 0.15) is 0 Å². The van der Waals surface area contributed by atoms with Gasteiger partial charge in [-0.05, 0) is 12.2 Å². The third-order valence-corrected chi connectivity index (χ3v) is 3.30. The Morgan fingerprint density at radius 3 is 2.95 bits per heavy atom. The molecule has 20 heavy (non-hydrogen) atoms. The van der Waals surface area contributed by atoms with Gasteiger partial charge < -0.3 is 15.0 Å². The fraction of sp³-hybridized carbons (Fsp3) is 0.231. The van der Waals surface area contributed by atoms with Crippen molar-refractivity contribution in [2.75, 3.05) is 19.5 Å². The third-order valence-electron chi connectivity index (χ3n) is 3.30. The SMILES string of the molecule is COc1cc(C=O)[nH]c1NC1=CC2NN(C)C(=O)C2=C1. The van der Waals surface area contributed by atoms with E-state index >= 15 is 0 Å². The number of aldehydes is 1. The number of carbonyl (C=O) groups is 2. The number of anilines is 1. The molecule has 2 aliphatic rings. The van der Waals surface area contributed by atoms with E-state index in [1.54, 1.807) is 19.2 Å². The van der Waals surface area contributed by atoms with E-state index in [-0.39, 0.29) is 11.9 Å². The molecule has 1 unspecified atom stereocenters. The summed E-state index contributed by atoms with van der Waals surface area (Å²) in [7, 11) is 3.21. The standard InChI is InChI=1S/C13H14N4O3/c1-17-13(19)9-3-7(4-10(9)16-17)14-12-11(20-2)5-8(6-18)15-12/h3-6,10,14-16H,1-2H3. The van der Waals surface area contributed by atoms with Crippen LogP contribution in [-0.4, -0.2) is 42.4 Å². The van der Waals surface area contributed by atoms with E-state index in [9.17, 15) is 9.59 Å². The number of allylic oxidation sites excluding steroid dienone is 1. The summed E-state index contributed by atoms with van der Waals surface area (Å²) in [5, 5.41) is 4.58. The molecule has 2 heterocycles. The van der Waals surface area contributed by atoms with Crippen molar-refractivity contribution in [3.05, 3.63) is 35.2 Å². The average Bonchev–Trinajstić information content (AvgIpc) is 3.07. The summed E-state index contributed by atoms with van der Waals surface area (Å²) in [4.78, 5) is 25.5. The molecule has 1 aliphatic heterocycles. The number of H-pyrrole nitrogens is 1. The third kappa shape index (κ3) is 1.88. The number of aromatic amines is 1. The largest absolute Gasteiger partial charge is 0.493 e. The highest BCUT2D eigenvalue weighted by Crippen LogP contribution is 2.29. The molecule has 1 fully saturated rings. The van der Waals surface area contributed by atoms with Gasteiger partial charge in [0, 0.05) is 24.4 Å². The fourth-order valence-corrected chi connectivity index (χ4v) is 2.33. The number of nitrogens with one attached hydrogen (secondary N) is 3. The summed E-state index contributed by atoms with van der Waals surface area (Å²) in [6.45, 7) is 0. The number of hydrazine groups is 1. The lowest BCUT2D eigenvalue weighted by molar-refractivity contribution is -0.125. The summed E-state index contributed by atoms with van der Waals surface area (Å²) < 4.78 is 5.18. The van der Waals surface area contributed by atoms with Gasteiger partial charge in [0.15, 0.2) is 17.9 Å². The molecule has 1 saturated heterocycles. The minimum Gasteiger partial charge on any atom is -0.493 e. The van der Waals surface area contributed by atoms with Crippen LogP contribution in [0.2, 0.25) is 0 Å². The number of hydrogen-bond donors (Lipinski definition) is 3. The first-order valence-electron chi connectivity index (χ1n) is 6.09. The van der Waals surface area contributed by atoms with Crippen molar-refractivity contribution in [2.24, 2.45) is 0 Å². The van der Waals surface area contributed by atoms with Gasteiger partial charge in [-0.1, -0.05) is 0 Å². The first-order chi connectivity index (χ1) is 9.62. The molecule has 1 aromatic heterocycles. The van der Waals surface area contributed by atoms with Gasteiger partial charge in [-0.2, -0.15) is 0 Å². The zero-order chi connectivity index (χ0) is 14.3. The minimum absolute atomic E-state index is 0.0462. The number of rotatable bonds is 4. The van der Waals surface area contributed by atoms with Crippen molar-refractivity contribution in [1.29, 1.82) is 0 Å². The Labute approximate surface area is 115 Å². The molecule has 1 atom stereocenters. The van der Waals surface area contributed by atoms with Gasteiger partial charge in [-0.3, -0.25) is 14.6 Å². The summed E-state index contributed by atoms with van der Waals surface area (Å²) in [5.74, 6) is 1.08. The van der Waals surface area contributed by atoms with Crippen molar-refractivity contribution in [2.45, 2.75) is 6.04 Å². The van der Waals surface area contributed by atoms with Crippen molar-refractivity contribution < 1.29 is 14.3 Å². The predicted molar refractivity (Wildman–Crippen MR) is 72.2 cm³/mol. The lowest BCUT2D eigenvalue weighted by Gasteiger charge is -2.10. The van der Waals surface area contributed by atoms with E-state index in [4.69, 9.17) is 4.74 Å². The first-order valence-corrected chi connectivity index (χ1v) is 6.09. The molecule has 1 aromatic rings. The maximum atomic E-state index is 11.8. The molecule has 0 spiro atoms. The molecule has 3 rings (SSSR count). The first kappa shape index (κ1) is 12.5. The second kappa shape index (κ2) is 4.53. The zero-order valence-corrected chi connectivity index (χ0v) is 11.1. The van der Waals surface area contributed by atoms with Crippen LogP contribution in [0.15, 0.2) is 29.5 Å². The van der Waals surface area contributed by atoms with Crippen LogP contribution in [0, 0.1) is 0 Å². The maximum absolute atomic E-state index is 11.8. The molecule has 3 N–H and O–H groups in total. The predicted octanol–water partition coefficient (Wildman–Crippen LogP) is 0.417. The minimum atomic E-state index is -0.110. The zero-order valence-electron chi connectivity index (χ0n) is 11.1. The van der Waals surface area contributed by atoms with Crippen molar-refractivity contribution >= 4 is 18.0 Å². The van der Waals surface area contributed by atoms with E-state index in [0.29, 0.717) is 29.1 Å². The molecule has 7 heteroatoms. The Bertz CT molecular complexity index is 644. The molecular formula is C13H14N4O3. The van der Waals surface area contributed by atoms with Gasteiger partial charge in [0.25, 0.3) is 5.91 Å². The topological polar surface area (TPSA) is 86.5 Å². The van der Waals surface area contributed by atoms with Crippen LogP contribution in [-0.2, 0) is 4.79 Å². The average molecular weight is 274 g/mol. The Balaban J connectivity index is 1.82. The van der Waals surface area contributed by atoms with E-state index in [0.717, 1.165) is 5.70 Å². The highest BCUT2D eigenvalue weighted by Gasteiger charge is 2.34. The van der Waals surface area contributed by atoms with E-state index in [1.807, 2.05) is 6.08 Å². The number of carbonyl (C=O) groups excluding carboxylic acids is 2. The smallest absolute Gasteiger partial charge is 0.265 e. The van der Waals surface area contributed by atoms with Crippen LogP contribution in [0.3, 0.4) is 0 Å². The van der Waals surface area contributed by atoms with Crippen molar-refractivity contribution in [3.8, 4) is 5.75 Å². The van der Waals surface area contributed by atoms with Gasteiger partial charge in [-0.25, -0.2) is 5.43 Å². The quantitative estimate of drug-likeness (QED) is 0.693. The summed E-state index contributed by atoms with van der Waals surface area (Å²) in [6, 6.07) is 1.50. The van der Waals surface area contributed by atoms with Gasteiger partial charge in [-0.15, -0.1) is 0 Å². The van der Waals surface area contributed by atoms with E-state index < -0.39 is 0 Å². The highest BCUT2D eigenvalue weighted by molar-refractivity contribution is 5.98. The van der Waals surface area contributed by atoms with Crippen molar-refractivity contribution in [3.63, 3.8) is 0 Å². The monoisotopic (exact) mass is 274 g/mol. The number of fused-ring (bicyclic) bond motifs is 1. The molecule has 1 aliphatic carbocycles. The summed E-state index contributed by atoms with van der Waals surface area (Å²) in [6.07, 6.45) is 4.39. The van der Waals surface area contributed by atoms with Crippen molar-refractivity contribution in [1.82, 2.24) is 15.4 Å². The van der Waals surface area contributed by atoms with Gasteiger partial charge >= 0.3 is 0 Å². The molecule has 0 bridgehead atoms. The Kier molecular flexibility index (Phi) is 2.83. The number of hydrogen-bond acceptors (Lipinski definition) is 5. The Morgan fingerprint density at radius 2 is 2.30 bits per heavy atom. The van der Waals surface area contributed by atoms with Crippen LogP contribution < -0.4 is 15.5 Å². The number of methoxy groups -OCH3 is 1. The fourth-order valence-electron chi connectivity index (χ4n) is 2.33. The molecule has 0 aromatic carbocycles. The van der Waals surface area contributed by atoms with Crippen LogP contribution >= 0.6 is 0 Å². The van der Waals surface area contributed by atoms with Gasteiger partial charge in [0.05, 0.1) is 18.8 Å². The molecular weight excluding hydrogens is 260 g/mol. The van der Waals surface area contributed by atoms with Crippen LogP contribution in [0.4, 0.5) is 5.82 Å². The van der Waals surface area contributed by atoms with Crippen LogP contribution in [0.1, 0.15) is 10.5 Å². The molecule has 7 nitrogen and oxygen atoms in total. The number of likely N-dealkylation sites (N-methyl/N-ethyl adjacent to an activating group) is 1. The Morgan fingerprint density at radius 1 is 1.50 bits per heavy atom. The summed E-state index contributed by atoms with van der Waals surface area (Å²) in [5.41, 5.74) is 4.91. The number of nitrogens with zero attached hydrogens (tertiary/aromatic N) is 1. The van der Waals surface area contributed by atoms with E-state index in [2.05, 4.69) is 15.7 Å².